The first-order valence-corrected chi connectivity index (χ1v) is 28.9. The lowest BCUT2D eigenvalue weighted by Gasteiger charge is -2.41. The summed E-state index contributed by atoms with van der Waals surface area (Å²) in [6.07, 6.45) is 52.1. The van der Waals surface area contributed by atoms with Gasteiger partial charge in [0.1, 0.15) is 24.4 Å². The summed E-state index contributed by atoms with van der Waals surface area (Å²) in [7, 11) is 0. The molecule has 0 aromatic heterocycles. The van der Waals surface area contributed by atoms with Gasteiger partial charge in [0.2, 0.25) is 5.91 Å². The molecule has 72 heavy (non-hydrogen) atoms. The van der Waals surface area contributed by atoms with Crippen LogP contribution in [0.3, 0.4) is 0 Å². The summed E-state index contributed by atoms with van der Waals surface area (Å²) < 4.78 is 17.5. The van der Waals surface area contributed by atoms with E-state index in [1.807, 2.05) is 60.8 Å². The maximum absolute atomic E-state index is 13.4. The van der Waals surface area contributed by atoms with Gasteiger partial charge in [0.15, 0.2) is 12.4 Å². The maximum atomic E-state index is 13.4. The Morgan fingerprint density at radius 3 is 1.53 bits per heavy atom. The fourth-order valence-corrected chi connectivity index (χ4v) is 8.56. The van der Waals surface area contributed by atoms with Crippen molar-refractivity contribution in [3.63, 3.8) is 0 Å². The Bertz CT molecular complexity index is 1490. The van der Waals surface area contributed by atoms with E-state index in [4.69, 9.17) is 14.2 Å². The number of aliphatic hydroxyl groups excluding tert-OH is 5. The van der Waals surface area contributed by atoms with E-state index >= 15 is 0 Å². The van der Waals surface area contributed by atoms with Gasteiger partial charge in [-0.05, 0) is 64.2 Å². The minimum absolute atomic E-state index is 0.0239. The topological polar surface area (TPSA) is 175 Å². The number of ether oxygens (including phenoxy) is 3. The first-order chi connectivity index (χ1) is 35.2. The van der Waals surface area contributed by atoms with Gasteiger partial charge in [0, 0.05) is 6.42 Å². The zero-order chi connectivity index (χ0) is 52.5. The van der Waals surface area contributed by atoms with Crippen molar-refractivity contribution in [3.05, 3.63) is 85.1 Å². The molecule has 8 unspecified atom stereocenters. The van der Waals surface area contributed by atoms with Crippen molar-refractivity contribution in [1.29, 1.82) is 0 Å². The molecule has 0 bridgehead atoms. The molecule has 0 aromatic carbocycles. The molecule has 0 radical (unpaired) electrons. The predicted molar refractivity (Wildman–Crippen MR) is 296 cm³/mol. The van der Waals surface area contributed by atoms with Crippen LogP contribution in [0, 0.1) is 0 Å². The van der Waals surface area contributed by atoms with Crippen LogP contribution in [0.1, 0.15) is 226 Å². The zero-order valence-corrected chi connectivity index (χ0v) is 45.5. The SMILES string of the molecule is CC/C=C/C=C/C=C\C=C/C=C/CCCC(=O)OC1C(OCC(NC(=O)C(O)CCCCCCCCCC/C=C/CCCCCCCC)C(O)/C=C/CCCCCCCCCCCC)OC(CO)C(O)C1O. The lowest BCUT2D eigenvalue weighted by Crippen LogP contribution is -2.61. The highest BCUT2D eigenvalue weighted by Gasteiger charge is 2.47. The number of aliphatic hydroxyl groups is 5. The molecule has 1 heterocycles. The summed E-state index contributed by atoms with van der Waals surface area (Å²) >= 11 is 0. The van der Waals surface area contributed by atoms with E-state index in [1.54, 1.807) is 6.08 Å². The fourth-order valence-electron chi connectivity index (χ4n) is 8.56. The highest BCUT2D eigenvalue weighted by atomic mass is 16.7. The van der Waals surface area contributed by atoms with Crippen LogP contribution in [-0.4, -0.2) is 99.6 Å². The molecule has 414 valence electrons. The number of unbranched alkanes of at least 4 members (excludes halogenated alkanes) is 25. The third-order valence-electron chi connectivity index (χ3n) is 13.2. The summed E-state index contributed by atoms with van der Waals surface area (Å²) in [5, 5.41) is 56.8. The number of carbonyl (C=O) groups excluding carboxylic acids is 2. The Balaban J connectivity index is 2.76. The number of esters is 1. The summed E-state index contributed by atoms with van der Waals surface area (Å²) in [5.74, 6) is -1.28. The van der Waals surface area contributed by atoms with Crippen molar-refractivity contribution in [3.8, 4) is 0 Å². The standard InChI is InChI=1S/C61H105NO10/c1-4-7-10-13-16-19-22-25-26-27-28-29-31-33-36-39-42-45-48-54(65)60(69)62-52(53(64)47-44-41-38-35-32-24-21-18-15-12-9-6-3)51-70-61-59(58(68)57(67)55(50-63)71-61)72-56(66)49-46-43-40-37-34-30-23-20-17-14-11-8-5-2/h8,11,14,17,20,23,25-26,30,34,37,40,44,47,52-55,57-59,61,63-65,67-68H,4-7,9-10,12-13,15-16,18-19,21-22,24,27-29,31-33,35-36,38-39,41-43,45-46,48-51H2,1-3H3,(H,62,69)/b11-8+,17-14+,23-20-,26-25+,34-30-,40-37+,47-44+. The Hall–Kier alpha value is -3.16. The van der Waals surface area contributed by atoms with Crippen molar-refractivity contribution in [1.82, 2.24) is 5.32 Å². The number of hydrogen-bond donors (Lipinski definition) is 6. The van der Waals surface area contributed by atoms with Crippen LogP contribution in [-0.2, 0) is 23.8 Å². The number of nitrogens with one attached hydrogen (secondary N) is 1. The molecular weight excluding hydrogens is 907 g/mol. The first-order valence-electron chi connectivity index (χ1n) is 28.9. The Kier molecular flexibility index (Phi) is 45.3. The van der Waals surface area contributed by atoms with Crippen LogP contribution >= 0.6 is 0 Å². The Morgan fingerprint density at radius 2 is 1.01 bits per heavy atom. The lowest BCUT2D eigenvalue weighted by molar-refractivity contribution is -0.305. The summed E-state index contributed by atoms with van der Waals surface area (Å²) in [4.78, 5) is 26.4. The van der Waals surface area contributed by atoms with Crippen molar-refractivity contribution in [2.24, 2.45) is 0 Å². The van der Waals surface area contributed by atoms with E-state index in [0.29, 0.717) is 19.3 Å². The van der Waals surface area contributed by atoms with Gasteiger partial charge in [-0.1, -0.05) is 241 Å². The van der Waals surface area contributed by atoms with E-state index in [2.05, 4.69) is 44.3 Å². The molecular formula is C61H105NO10. The van der Waals surface area contributed by atoms with Gasteiger partial charge < -0.3 is 45.1 Å². The monoisotopic (exact) mass is 1010 g/mol. The van der Waals surface area contributed by atoms with Crippen LogP contribution in [0.4, 0.5) is 0 Å². The van der Waals surface area contributed by atoms with Crippen LogP contribution < -0.4 is 5.32 Å². The number of allylic oxidation sites excluding steroid dienone is 13. The van der Waals surface area contributed by atoms with Gasteiger partial charge in [-0.15, -0.1) is 0 Å². The summed E-state index contributed by atoms with van der Waals surface area (Å²) in [6.45, 7) is 5.58. The molecule has 11 nitrogen and oxygen atoms in total. The van der Waals surface area contributed by atoms with Gasteiger partial charge in [-0.3, -0.25) is 9.59 Å². The van der Waals surface area contributed by atoms with Crippen LogP contribution in [0.5, 0.6) is 0 Å². The second kappa shape index (κ2) is 48.8. The molecule has 0 aromatic rings. The van der Waals surface area contributed by atoms with Crippen LogP contribution in [0.25, 0.3) is 0 Å². The number of carbonyl (C=O) groups is 2. The largest absolute Gasteiger partial charge is 0.454 e. The van der Waals surface area contributed by atoms with Gasteiger partial charge in [-0.2, -0.15) is 0 Å². The third-order valence-corrected chi connectivity index (χ3v) is 13.2. The molecule has 1 aliphatic heterocycles. The van der Waals surface area contributed by atoms with E-state index in [9.17, 15) is 35.1 Å². The number of rotatable bonds is 47. The molecule has 1 amide bonds. The molecule has 0 saturated carbocycles. The smallest absolute Gasteiger partial charge is 0.306 e. The second-order valence-corrected chi connectivity index (χ2v) is 19.8. The van der Waals surface area contributed by atoms with Crippen LogP contribution in [0.2, 0.25) is 0 Å². The quantitative estimate of drug-likeness (QED) is 0.0149. The van der Waals surface area contributed by atoms with Crippen molar-refractivity contribution in [2.45, 2.75) is 275 Å². The van der Waals surface area contributed by atoms with Gasteiger partial charge in [-0.25, -0.2) is 0 Å². The molecule has 0 aliphatic carbocycles. The van der Waals surface area contributed by atoms with Crippen LogP contribution in [0.15, 0.2) is 85.1 Å². The maximum Gasteiger partial charge on any atom is 0.306 e. The van der Waals surface area contributed by atoms with E-state index < -0.39 is 67.4 Å². The first kappa shape index (κ1) is 66.9. The molecule has 1 aliphatic rings. The second-order valence-electron chi connectivity index (χ2n) is 19.8. The van der Waals surface area contributed by atoms with E-state index in [1.165, 1.54) is 116 Å². The number of hydrogen-bond acceptors (Lipinski definition) is 10. The fraction of sp³-hybridized carbons (Fsp3) is 0.738. The number of amides is 1. The molecule has 6 N–H and O–H groups in total. The summed E-state index contributed by atoms with van der Waals surface area (Å²) in [5.41, 5.74) is 0. The molecule has 8 atom stereocenters. The Morgan fingerprint density at radius 1 is 0.556 bits per heavy atom. The zero-order valence-electron chi connectivity index (χ0n) is 45.5. The van der Waals surface area contributed by atoms with Gasteiger partial charge in [0.05, 0.1) is 25.4 Å². The average molecular weight is 1010 g/mol. The van der Waals surface area contributed by atoms with E-state index in [0.717, 1.165) is 57.8 Å². The lowest BCUT2D eigenvalue weighted by atomic mass is 9.99. The highest BCUT2D eigenvalue weighted by molar-refractivity contribution is 5.80. The highest BCUT2D eigenvalue weighted by Crippen LogP contribution is 2.26. The van der Waals surface area contributed by atoms with Gasteiger partial charge >= 0.3 is 5.97 Å². The molecule has 1 fully saturated rings. The van der Waals surface area contributed by atoms with Crippen molar-refractivity contribution >= 4 is 11.9 Å². The molecule has 0 spiro atoms. The minimum atomic E-state index is -1.65. The van der Waals surface area contributed by atoms with Gasteiger partial charge in [0.25, 0.3) is 0 Å². The average Bonchev–Trinajstić information content (AvgIpc) is 3.38. The molecule has 11 heteroatoms. The normalized spacial score (nSPS) is 20.1. The Labute approximate surface area is 438 Å². The predicted octanol–water partition coefficient (Wildman–Crippen LogP) is 13.0. The van der Waals surface area contributed by atoms with E-state index in [-0.39, 0.29) is 19.4 Å². The van der Waals surface area contributed by atoms with Crippen molar-refractivity contribution in [2.75, 3.05) is 13.2 Å². The molecule has 1 saturated heterocycles. The molecule has 1 rings (SSSR count). The third kappa shape index (κ3) is 36.7. The minimum Gasteiger partial charge on any atom is -0.454 e. The van der Waals surface area contributed by atoms with Crippen molar-refractivity contribution < 1.29 is 49.3 Å². The summed E-state index contributed by atoms with van der Waals surface area (Å²) in [6, 6.07) is -1.04.